The van der Waals surface area contributed by atoms with Gasteiger partial charge < -0.3 is 5.11 Å². The molecule has 0 fully saturated rings. The Morgan fingerprint density at radius 1 is 1.24 bits per heavy atom. The number of amides is 1. The predicted octanol–water partition coefficient (Wildman–Crippen LogP) is 1.34. The molecular formula is C14H13FN2O4. The van der Waals surface area contributed by atoms with E-state index in [0.29, 0.717) is 5.52 Å². The van der Waals surface area contributed by atoms with Crippen LogP contribution < -0.4 is 5.43 Å². The van der Waals surface area contributed by atoms with Crippen molar-refractivity contribution in [3.05, 3.63) is 36.5 Å². The van der Waals surface area contributed by atoms with Crippen LogP contribution >= 0.6 is 0 Å². The van der Waals surface area contributed by atoms with E-state index in [0.717, 1.165) is 5.39 Å². The SMILES string of the molecule is O=C(O)CC(C(=O)CF)C(=O)Nn1ccc2ccccc21. The first-order valence-electron chi connectivity index (χ1n) is 6.20. The van der Waals surface area contributed by atoms with Gasteiger partial charge in [0.25, 0.3) is 0 Å². The number of carboxylic acid groups (broad SMARTS) is 1. The molecule has 0 spiro atoms. The number of rotatable bonds is 6. The van der Waals surface area contributed by atoms with Crippen molar-refractivity contribution in [3.8, 4) is 0 Å². The van der Waals surface area contributed by atoms with Crippen LogP contribution in [-0.4, -0.2) is 34.1 Å². The molecular weight excluding hydrogens is 279 g/mol. The van der Waals surface area contributed by atoms with Crippen LogP contribution in [0.25, 0.3) is 10.9 Å². The van der Waals surface area contributed by atoms with Crippen molar-refractivity contribution in [3.63, 3.8) is 0 Å². The Morgan fingerprint density at radius 3 is 2.62 bits per heavy atom. The van der Waals surface area contributed by atoms with Crippen molar-refractivity contribution in [1.29, 1.82) is 0 Å². The second-order valence-electron chi connectivity index (χ2n) is 4.47. The van der Waals surface area contributed by atoms with E-state index in [1.54, 1.807) is 24.4 Å². The van der Waals surface area contributed by atoms with Crippen LogP contribution in [0.15, 0.2) is 36.5 Å². The van der Waals surface area contributed by atoms with E-state index >= 15 is 0 Å². The summed E-state index contributed by atoms with van der Waals surface area (Å²) >= 11 is 0. The van der Waals surface area contributed by atoms with Crippen molar-refractivity contribution in [2.45, 2.75) is 6.42 Å². The molecule has 0 saturated carbocycles. The molecule has 1 aromatic heterocycles. The van der Waals surface area contributed by atoms with Gasteiger partial charge in [-0.2, -0.15) is 0 Å². The van der Waals surface area contributed by atoms with Crippen LogP contribution in [0.1, 0.15) is 6.42 Å². The molecule has 1 aromatic carbocycles. The number of halogens is 1. The molecule has 0 aliphatic rings. The summed E-state index contributed by atoms with van der Waals surface area (Å²) < 4.78 is 13.8. The zero-order valence-corrected chi connectivity index (χ0v) is 11.0. The van der Waals surface area contributed by atoms with E-state index in [4.69, 9.17) is 5.11 Å². The largest absolute Gasteiger partial charge is 0.481 e. The van der Waals surface area contributed by atoms with Gasteiger partial charge in [-0.05, 0) is 12.1 Å². The molecule has 2 aromatic rings. The average Bonchev–Trinajstić information content (AvgIpc) is 2.87. The topological polar surface area (TPSA) is 88.4 Å². The normalized spacial score (nSPS) is 12.0. The van der Waals surface area contributed by atoms with E-state index < -0.39 is 36.7 Å². The van der Waals surface area contributed by atoms with Crippen molar-refractivity contribution in [1.82, 2.24) is 4.68 Å². The molecule has 0 aliphatic heterocycles. The molecule has 0 aliphatic carbocycles. The number of nitrogens with zero attached hydrogens (tertiary/aromatic N) is 1. The number of carbonyl (C=O) groups excluding carboxylic acids is 2. The summed E-state index contributed by atoms with van der Waals surface area (Å²) in [6.45, 7) is -1.38. The second kappa shape index (κ2) is 6.17. The first-order valence-corrected chi connectivity index (χ1v) is 6.20. The lowest BCUT2D eigenvalue weighted by atomic mass is 10.0. The Balaban J connectivity index is 2.22. The number of benzene rings is 1. The number of aliphatic carboxylic acids is 1. The van der Waals surface area contributed by atoms with Gasteiger partial charge in [0.2, 0.25) is 5.91 Å². The van der Waals surface area contributed by atoms with Crippen molar-refractivity contribution >= 4 is 28.6 Å². The third kappa shape index (κ3) is 3.25. The summed E-state index contributed by atoms with van der Waals surface area (Å²) in [5.74, 6) is -4.78. The number of para-hydroxylation sites is 1. The lowest BCUT2D eigenvalue weighted by molar-refractivity contribution is -0.144. The standard InChI is InChI=1S/C14H13FN2O4/c15-8-12(18)10(7-13(19)20)14(21)16-17-6-5-9-3-1-2-4-11(9)17/h1-6,10H,7-8H2,(H,16,21)(H,19,20). The molecule has 1 atom stereocenters. The quantitative estimate of drug-likeness (QED) is 0.786. The highest BCUT2D eigenvalue weighted by Crippen LogP contribution is 2.14. The summed E-state index contributed by atoms with van der Waals surface area (Å²) in [5.41, 5.74) is 3.10. The molecule has 1 heterocycles. The number of nitrogens with one attached hydrogen (secondary N) is 1. The lowest BCUT2D eigenvalue weighted by Crippen LogP contribution is -2.36. The number of aromatic nitrogens is 1. The number of carboxylic acids is 1. The molecule has 0 saturated heterocycles. The minimum atomic E-state index is -1.55. The first-order chi connectivity index (χ1) is 10.0. The van der Waals surface area contributed by atoms with Crippen LogP contribution in [0.2, 0.25) is 0 Å². The Morgan fingerprint density at radius 2 is 1.95 bits per heavy atom. The van der Waals surface area contributed by atoms with Crippen LogP contribution in [0, 0.1) is 5.92 Å². The van der Waals surface area contributed by atoms with E-state index in [9.17, 15) is 18.8 Å². The maximum absolute atomic E-state index is 12.4. The number of alkyl halides is 1. The van der Waals surface area contributed by atoms with Crippen LogP contribution in [0.4, 0.5) is 4.39 Å². The van der Waals surface area contributed by atoms with Gasteiger partial charge in [-0.3, -0.25) is 24.5 Å². The van der Waals surface area contributed by atoms with Gasteiger partial charge in [0.05, 0.1) is 11.9 Å². The van der Waals surface area contributed by atoms with Gasteiger partial charge in [0.15, 0.2) is 5.78 Å². The van der Waals surface area contributed by atoms with E-state index in [1.807, 2.05) is 12.1 Å². The number of carbonyl (C=O) groups is 3. The second-order valence-corrected chi connectivity index (χ2v) is 4.47. The van der Waals surface area contributed by atoms with Crippen LogP contribution in [0.5, 0.6) is 0 Å². The highest BCUT2D eigenvalue weighted by Gasteiger charge is 2.29. The summed E-state index contributed by atoms with van der Waals surface area (Å²) in [6, 6.07) is 8.93. The third-order valence-electron chi connectivity index (χ3n) is 3.05. The lowest BCUT2D eigenvalue weighted by Gasteiger charge is -2.14. The van der Waals surface area contributed by atoms with Gasteiger partial charge in [0, 0.05) is 11.6 Å². The maximum Gasteiger partial charge on any atom is 0.304 e. The molecule has 2 N–H and O–H groups in total. The van der Waals surface area contributed by atoms with Gasteiger partial charge in [-0.1, -0.05) is 18.2 Å². The zero-order valence-electron chi connectivity index (χ0n) is 11.0. The van der Waals surface area contributed by atoms with Gasteiger partial charge in [0.1, 0.15) is 12.6 Å². The summed E-state index contributed by atoms with van der Waals surface area (Å²) in [4.78, 5) is 34.1. The Hall–Kier alpha value is -2.70. The van der Waals surface area contributed by atoms with Crippen molar-refractivity contribution < 1.29 is 23.9 Å². The fourth-order valence-electron chi connectivity index (χ4n) is 2.00. The number of fused-ring (bicyclic) bond motifs is 1. The Bertz CT molecular complexity index is 695. The number of ketones is 1. The highest BCUT2D eigenvalue weighted by molar-refractivity contribution is 6.07. The summed E-state index contributed by atoms with van der Waals surface area (Å²) in [5, 5.41) is 9.58. The molecule has 6 nitrogen and oxygen atoms in total. The van der Waals surface area contributed by atoms with Gasteiger partial charge >= 0.3 is 5.97 Å². The van der Waals surface area contributed by atoms with Crippen molar-refractivity contribution in [2.24, 2.45) is 5.92 Å². The minimum Gasteiger partial charge on any atom is -0.481 e. The van der Waals surface area contributed by atoms with E-state index in [2.05, 4.69) is 5.43 Å². The van der Waals surface area contributed by atoms with Crippen molar-refractivity contribution in [2.75, 3.05) is 12.1 Å². The van der Waals surface area contributed by atoms with Crippen LogP contribution in [0.3, 0.4) is 0 Å². The minimum absolute atomic E-state index is 0.688. The number of hydrogen-bond acceptors (Lipinski definition) is 3. The predicted molar refractivity (Wildman–Crippen MR) is 73.0 cm³/mol. The molecule has 7 heteroatoms. The zero-order chi connectivity index (χ0) is 15.4. The highest BCUT2D eigenvalue weighted by atomic mass is 19.1. The summed E-state index contributed by atoms with van der Waals surface area (Å²) in [6.07, 6.45) is 0.827. The summed E-state index contributed by atoms with van der Waals surface area (Å²) in [7, 11) is 0. The molecule has 1 amide bonds. The van der Waals surface area contributed by atoms with Gasteiger partial charge in [-0.15, -0.1) is 0 Å². The maximum atomic E-state index is 12.4. The smallest absolute Gasteiger partial charge is 0.304 e. The molecule has 2 rings (SSSR count). The van der Waals surface area contributed by atoms with E-state index in [-0.39, 0.29) is 0 Å². The average molecular weight is 292 g/mol. The fourth-order valence-corrected chi connectivity index (χ4v) is 2.00. The molecule has 0 radical (unpaired) electrons. The number of Topliss-reactive ketones (excluding diaryl/α,β-unsaturated/α-hetero) is 1. The van der Waals surface area contributed by atoms with Crippen LogP contribution in [-0.2, 0) is 14.4 Å². The monoisotopic (exact) mass is 292 g/mol. The first kappa shape index (κ1) is 14.7. The molecule has 110 valence electrons. The Labute approximate surface area is 119 Å². The fraction of sp³-hybridized carbons (Fsp3) is 0.214. The van der Waals surface area contributed by atoms with Gasteiger partial charge in [-0.25, -0.2) is 4.39 Å². The van der Waals surface area contributed by atoms with E-state index in [1.165, 1.54) is 4.68 Å². The molecule has 0 bridgehead atoms. The third-order valence-corrected chi connectivity index (χ3v) is 3.05. The Kier molecular flexibility index (Phi) is 4.32. The molecule has 21 heavy (non-hydrogen) atoms. The number of hydrogen-bond donors (Lipinski definition) is 2. The molecule has 1 unspecified atom stereocenters.